The minimum atomic E-state index is -2.93. The van der Waals surface area contributed by atoms with Gasteiger partial charge in [0.25, 0.3) is 0 Å². The van der Waals surface area contributed by atoms with Gasteiger partial charge in [0.1, 0.15) is 9.84 Å². The third-order valence-electron chi connectivity index (χ3n) is 3.48. The van der Waals surface area contributed by atoms with Gasteiger partial charge in [0.2, 0.25) is 0 Å². The zero-order valence-corrected chi connectivity index (χ0v) is 13.7. The summed E-state index contributed by atoms with van der Waals surface area (Å²) in [4.78, 5) is 0. The van der Waals surface area contributed by atoms with E-state index >= 15 is 0 Å². The Morgan fingerprint density at radius 1 is 1.00 bits per heavy atom. The number of hydrogen-bond acceptors (Lipinski definition) is 3. The fraction of sp³-hybridized carbons (Fsp3) is 0.412. The Morgan fingerprint density at radius 2 is 1.67 bits per heavy atom. The van der Waals surface area contributed by atoms with Crippen molar-refractivity contribution in [3.63, 3.8) is 0 Å². The van der Waals surface area contributed by atoms with Gasteiger partial charge < -0.3 is 5.32 Å². The van der Waals surface area contributed by atoms with Crippen LogP contribution in [0.15, 0.2) is 42.5 Å². The first kappa shape index (κ1) is 16.0. The number of sulfone groups is 1. The van der Waals surface area contributed by atoms with Crippen LogP contribution in [0.25, 0.3) is 10.8 Å². The van der Waals surface area contributed by atoms with Gasteiger partial charge in [-0.1, -0.05) is 42.5 Å². The predicted octanol–water partition coefficient (Wildman–Crippen LogP) is 2.79. The second-order valence-electron chi connectivity index (χ2n) is 5.95. The zero-order valence-electron chi connectivity index (χ0n) is 12.8. The van der Waals surface area contributed by atoms with Crippen LogP contribution in [0.1, 0.15) is 19.4 Å². The van der Waals surface area contributed by atoms with Crippen LogP contribution in [0.2, 0.25) is 0 Å². The lowest BCUT2D eigenvalue weighted by atomic mass is 10.0. The van der Waals surface area contributed by atoms with Gasteiger partial charge in [-0.15, -0.1) is 0 Å². The topological polar surface area (TPSA) is 46.2 Å². The Morgan fingerprint density at radius 3 is 2.33 bits per heavy atom. The van der Waals surface area contributed by atoms with Crippen molar-refractivity contribution in [1.29, 1.82) is 0 Å². The second-order valence-corrected chi connectivity index (χ2v) is 8.13. The van der Waals surface area contributed by atoms with E-state index in [1.165, 1.54) is 22.6 Å². The predicted molar refractivity (Wildman–Crippen MR) is 89.4 cm³/mol. The third kappa shape index (κ3) is 5.14. The van der Waals surface area contributed by atoms with Crippen molar-refractivity contribution in [2.75, 3.05) is 12.0 Å². The lowest BCUT2D eigenvalue weighted by molar-refractivity contribution is 0.484. The molecule has 3 nitrogen and oxygen atoms in total. The maximum absolute atomic E-state index is 11.3. The van der Waals surface area contributed by atoms with E-state index in [0.717, 1.165) is 6.42 Å². The van der Waals surface area contributed by atoms with Crippen LogP contribution < -0.4 is 5.32 Å². The molecule has 0 aromatic heterocycles. The number of fused-ring (bicyclic) bond motifs is 1. The highest BCUT2D eigenvalue weighted by molar-refractivity contribution is 7.90. The molecule has 0 spiro atoms. The van der Waals surface area contributed by atoms with Crippen LogP contribution in [0, 0.1) is 0 Å². The fourth-order valence-corrected chi connectivity index (χ4v) is 3.77. The van der Waals surface area contributed by atoms with E-state index < -0.39 is 9.84 Å². The van der Waals surface area contributed by atoms with Crippen LogP contribution in [-0.2, 0) is 16.3 Å². The molecule has 2 aromatic rings. The molecule has 0 amide bonds. The molecule has 0 aliphatic rings. The van der Waals surface area contributed by atoms with Crippen LogP contribution in [0.3, 0.4) is 0 Å². The molecular formula is C17H23NO2S. The second kappa shape index (κ2) is 6.58. The molecule has 21 heavy (non-hydrogen) atoms. The molecule has 2 unspecified atom stereocenters. The van der Waals surface area contributed by atoms with Crippen molar-refractivity contribution in [2.45, 2.75) is 32.4 Å². The molecule has 0 fully saturated rings. The molecule has 0 aliphatic heterocycles. The van der Waals surface area contributed by atoms with Crippen LogP contribution >= 0.6 is 0 Å². The Labute approximate surface area is 127 Å². The third-order valence-corrected chi connectivity index (χ3v) is 4.58. The molecule has 0 saturated carbocycles. The van der Waals surface area contributed by atoms with Crippen molar-refractivity contribution in [2.24, 2.45) is 0 Å². The molecule has 2 rings (SSSR count). The van der Waals surface area contributed by atoms with E-state index in [2.05, 4.69) is 42.6 Å². The fourth-order valence-electron chi connectivity index (χ4n) is 2.77. The highest BCUT2D eigenvalue weighted by atomic mass is 32.2. The molecular weight excluding hydrogens is 282 g/mol. The first-order valence-electron chi connectivity index (χ1n) is 7.25. The summed E-state index contributed by atoms with van der Waals surface area (Å²) in [5.74, 6) is 0.176. The Kier molecular flexibility index (Phi) is 5.01. The molecule has 0 bridgehead atoms. The monoisotopic (exact) mass is 305 g/mol. The van der Waals surface area contributed by atoms with Crippen LogP contribution in [-0.4, -0.2) is 32.5 Å². The molecule has 2 aromatic carbocycles. The lowest BCUT2D eigenvalue weighted by Crippen LogP contribution is -2.39. The van der Waals surface area contributed by atoms with Gasteiger partial charge in [-0.05, 0) is 36.6 Å². The van der Waals surface area contributed by atoms with Gasteiger partial charge in [-0.3, -0.25) is 0 Å². The van der Waals surface area contributed by atoms with E-state index in [-0.39, 0.29) is 17.8 Å². The van der Waals surface area contributed by atoms with Crippen LogP contribution in [0.4, 0.5) is 0 Å². The van der Waals surface area contributed by atoms with Crippen molar-refractivity contribution >= 4 is 20.6 Å². The summed E-state index contributed by atoms with van der Waals surface area (Å²) in [5, 5.41) is 5.84. The summed E-state index contributed by atoms with van der Waals surface area (Å²) in [5.41, 5.74) is 1.26. The summed E-state index contributed by atoms with van der Waals surface area (Å²) in [6.07, 6.45) is 2.16. The molecule has 1 N–H and O–H groups in total. The zero-order chi connectivity index (χ0) is 15.5. The summed E-state index contributed by atoms with van der Waals surface area (Å²) < 4.78 is 22.6. The summed E-state index contributed by atoms with van der Waals surface area (Å²) in [6.45, 7) is 4.01. The number of rotatable bonds is 6. The number of benzene rings is 2. The molecule has 114 valence electrons. The van der Waals surface area contributed by atoms with Crippen molar-refractivity contribution in [1.82, 2.24) is 5.32 Å². The minimum Gasteiger partial charge on any atom is -0.310 e. The number of hydrogen-bond donors (Lipinski definition) is 1. The molecule has 0 heterocycles. The first-order valence-corrected chi connectivity index (χ1v) is 9.31. The first-order chi connectivity index (χ1) is 9.83. The molecule has 2 atom stereocenters. The average molecular weight is 305 g/mol. The quantitative estimate of drug-likeness (QED) is 0.892. The molecule has 0 radical (unpaired) electrons. The van der Waals surface area contributed by atoms with Crippen molar-refractivity contribution in [3.05, 3.63) is 48.0 Å². The highest BCUT2D eigenvalue weighted by Gasteiger charge is 2.13. The van der Waals surface area contributed by atoms with Crippen molar-refractivity contribution in [3.8, 4) is 0 Å². The van der Waals surface area contributed by atoms with Gasteiger partial charge in [0, 0.05) is 18.3 Å². The van der Waals surface area contributed by atoms with Gasteiger partial charge in [-0.25, -0.2) is 8.42 Å². The Bertz CT molecular complexity index is 710. The standard InChI is InChI=1S/C17H23NO2S/c1-13(18-14(2)12-21(3,19)20)10-15-8-9-16-6-4-5-7-17(16)11-15/h4-9,11,13-14,18H,10,12H2,1-3H3. The average Bonchev–Trinajstić information content (AvgIpc) is 2.35. The maximum Gasteiger partial charge on any atom is 0.148 e. The van der Waals surface area contributed by atoms with E-state index in [0.29, 0.717) is 0 Å². The van der Waals surface area contributed by atoms with Gasteiger partial charge in [0.05, 0.1) is 5.75 Å². The SMILES string of the molecule is CC(Cc1ccc2ccccc2c1)NC(C)CS(C)(=O)=O. The Balaban J connectivity index is 1.99. The summed E-state index contributed by atoms with van der Waals surface area (Å²) in [7, 11) is -2.93. The highest BCUT2D eigenvalue weighted by Crippen LogP contribution is 2.16. The summed E-state index contributed by atoms with van der Waals surface area (Å²) >= 11 is 0. The molecule has 4 heteroatoms. The van der Waals surface area contributed by atoms with Gasteiger partial charge in [-0.2, -0.15) is 0 Å². The molecule has 0 saturated heterocycles. The Hall–Kier alpha value is -1.39. The molecule has 0 aliphatic carbocycles. The maximum atomic E-state index is 11.3. The largest absolute Gasteiger partial charge is 0.310 e. The lowest BCUT2D eigenvalue weighted by Gasteiger charge is -2.19. The minimum absolute atomic E-state index is 0.0320. The smallest absolute Gasteiger partial charge is 0.148 e. The van der Waals surface area contributed by atoms with Gasteiger partial charge >= 0.3 is 0 Å². The van der Waals surface area contributed by atoms with E-state index in [4.69, 9.17) is 0 Å². The van der Waals surface area contributed by atoms with E-state index in [1.54, 1.807) is 0 Å². The van der Waals surface area contributed by atoms with E-state index in [9.17, 15) is 8.42 Å². The van der Waals surface area contributed by atoms with Gasteiger partial charge in [0.15, 0.2) is 0 Å². The van der Waals surface area contributed by atoms with Crippen LogP contribution in [0.5, 0.6) is 0 Å². The van der Waals surface area contributed by atoms with E-state index in [1.807, 2.05) is 19.1 Å². The number of nitrogens with one attached hydrogen (secondary N) is 1. The normalized spacial score (nSPS) is 15.0. The van der Waals surface area contributed by atoms with Crippen molar-refractivity contribution < 1.29 is 8.42 Å². The summed E-state index contributed by atoms with van der Waals surface area (Å²) in [6, 6.07) is 15.0.